The molecule has 2 atom stereocenters. The Bertz CT molecular complexity index is 258. The first-order valence-corrected chi connectivity index (χ1v) is 6.81. The second kappa shape index (κ2) is 6.78. The summed E-state index contributed by atoms with van der Waals surface area (Å²) in [6, 6.07) is 0. The summed E-state index contributed by atoms with van der Waals surface area (Å²) in [4.78, 5) is 21.6. The van der Waals surface area contributed by atoms with Gasteiger partial charge >= 0.3 is 5.97 Å². The maximum Gasteiger partial charge on any atom is 0.313 e. The lowest BCUT2D eigenvalue weighted by Crippen LogP contribution is -2.31. The van der Waals surface area contributed by atoms with Crippen molar-refractivity contribution < 1.29 is 14.7 Å². The summed E-state index contributed by atoms with van der Waals surface area (Å²) in [6.07, 6.45) is 3.72. The number of hydrogen-bond acceptors (Lipinski definition) is 3. The average Bonchev–Trinajstić information content (AvgIpc) is 2.60. The highest BCUT2D eigenvalue weighted by Crippen LogP contribution is 2.30. The van der Waals surface area contributed by atoms with E-state index in [0.29, 0.717) is 11.8 Å². The Hall–Kier alpha value is -0.710. The van der Waals surface area contributed by atoms with Crippen LogP contribution in [0.5, 0.6) is 0 Å². The molecule has 0 spiro atoms. The smallest absolute Gasteiger partial charge is 0.313 e. The van der Waals surface area contributed by atoms with Gasteiger partial charge in [0.1, 0.15) is 0 Å². The molecule has 0 aromatic carbocycles. The third kappa shape index (κ3) is 4.88. The molecule has 4 nitrogen and oxygen atoms in total. The number of nitrogens with one attached hydrogen (secondary N) is 1. The number of aliphatic carboxylic acids is 1. The molecular formula is C11H19NO3S. The van der Waals surface area contributed by atoms with E-state index in [4.69, 9.17) is 5.11 Å². The summed E-state index contributed by atoms with van der Waals surface area (Å²) < 4.78 is 0. The van der Waals surface area contributed by atoms with Crippen LogP contribution in [0, 0.1) is 11.8 Å². The lowest BCUT2D eigenvalue weighted by molar-refractivity contribution is -0.133. The van der Waals surface area contributed by atoms with Crippen LogP contribution < -0.4 is 5.32 Å². The van der Waals surface area contributed by atoms with Crippen molar-refractivity contribution in [2.75, 3.05) is 18.1 Å². The maximum atomic E-state index is 11.4. The van der Waals surface area contributed by atoms with E-state index in [1.54, 1.807) is 0 Å². The van der Waals surface area contributed by atoms with E-state index in [1.807, 2.05) is 0 Å². The zero-order chi connectivity index (χ0) is 12.0. The van der Waals surface area contributed by atoms with E-state index < -0.39 is 5.97 Å². The van der Waals surface area contributed by atoms with E-state index in [2.05, 4.69) is 12.2 Å². The zero-order valence-corrected chi connectivity index (χ0v) is 10.4. The molecule has 1 saturated carbocycles. The summed E-state index contributed by atoms with van der Waals surface area (Å²) >= 11 is 1.14. The van der Waals surface area contributed by atoms with Crippen LogP contribution in [0.1, 0.15) is 26.2 Å². The average molecular weight is 245 g/mol. The van der Waals surface area contributed by atoms with E-state index in [9.17, 15) is 9.59 Å². The third-order valence-electron chi connectivity index (χ3n) is 3.06. The van der Waals surface area contributed by atoms with Crippen LogP contribution in [0.15, 0.2) is 0 Å². The summed E-state index contributed by atoms with van der Waals surface area (Å²) in [6.45, 7) is 2.97. The SMILES string of the molecule is CC1CCCC1CNC(=O)CSCC(=O)O. The second-order valence-electron chi connectivity index (χ2n) is 4.36. The predicted molar refractivity (Wildman–Crippen MR) is 64.5 cm³/mol. The molecule has 1 rings (SSSR count). The first kappa shape index (κ1) is 13.4. The fourth-order valence-electron chi connectivity index (χ4n) is 2.05. The fourth-order valence-corrected chi connectivity index (χ4v) is 2.62. The molecule has 1 aliphatic carbocycles. The van der Waals surface area contributed by atoms with Crippen LogP contribution in [-0.2, 0) is 9.59 Å². The number of thioether (sulfide) groups is 1. The highest BCUT2D eigenvalue weighted by Gasteiger charge is 2.23. The van der Waals surface area contributed by atoms with Gasteiger partial charge in [0.25, 0.3) is 0 Å². The molecule has 0 saturated heterocycles. The number of hydrogen-bond donors (Lipinski definition) is 2. The highest BCUT2D eigenvalue weighted by molar-refractivity contribution is 8.00. The fraction of sp³-hybridized carbons (Fsp3) is 0.818. The standard InChI is InChI=1S/C11H19NO3S/c1-8-3-2-4-9(8)5-12-10(13)6-16-7-11(14)15/h8-9H,2-7H2,1H3,(H,12,13)(H,14,15). The van der Waals surface area contributed by atoms with Crippen LogP contribution in [0.25, 0.3) is 0 Å². The minimum atomic E-state index is -0.873. The third-order valence-corrected chi connectivity index (χ3v) is 3.98. The van der Waals surface area contributed by atoms with Gasteiger partial charge in [-0.2, -0.15) is 0 Å². The summed E-state index contributed by atoms with van der Waals surface area (Å²) in [5.41, 5.74) is 0. The molecular weight excluding hydrogens is 226 g/mol. The number of amides is 1. The molecule has 0 aromatic heterocycles. The maximum absolute atomic E-state index is 11.4. The van der Waals surface area contributed by atoms with Crippen molar-refractivity contribution in [1.29, 1.82) is 0 Å². The number of carbonyl (C=O) groups is 2. The zero-order valence-electron chi connectivity index (χ0n) is 9.57. The number of carbonyl (C=O) groups excluding carboxylic acids is 1. The Balaban J connectivity index is 2.08. The van der Waals surface area contributed by atoms with Gasteiger partial charge in [-0.25, -0.2) is 0 Å². The van der Waals surface area contributed by atoms with Crippen molar-refractivity contribution >= 4 is 23.6 Å². The molecule has 0 heterocycles. The molecule has 1 amide bonds. The van der Waals surface area contributed by atoms with Crippen LogP contribution in [0.4, 0.5) is 0 Å². The van der Waals surface area contributed by atoms with Crippen molar-refractivity contribution in [3.8, 4) is 0 Å². The Morgan fingerprint density at radius 1 is 1.38 bits per heavy atom. The van der Waals surface area contributed by atoms with Gasteiger partial charge in [0.2, 0.25) is 5.91 Å². The van der Waals surface area contributed by atoms with E-state index >= 15 is 0 Å². The normalized spacial score (nSPS) is 24.3. The summed E-state index contributed by atoms with van der Waals surface area (Å²) in [5.74, 6) is 0.619. The lowest BCUT2D eigenvalue weighted by Gasteiger charge is -2.15. The van der Waals surface area contributed by atoms with Gasteiger partial charge < -0.3 is 10.4 Å². The van der Waals surface area contributed by atoms with Gasteiger partial charge in [0, 0.05) is 6.54 Å². The Morgan fingerprint density at radius 2 is 2.12 bits per heavy atom. The van der Waals surface area contributed by atoms with Crippen molar-refractivity contribution in [3.05, 3.63) is 0 Å². The van der Waals surface area contributed by atoms with Gasteiger partial charge in [-0.15, -0.1) is 11.8 Å². The molecule has 16 heavy (non-hydrogen) atoms. The van der Waals surface area contributed by atoms with Gasteiger partial charge in [0.15, 0.2) is 0 Å². The van der Waals surface area contributed by atoms with Crippen LogP contribution in [-0.4, -0.2) is 35.0 Å². The van der Waals surface area contributed by atoms with Crippen LogP contribution >= 0.6 is 11.8 Å². The first-order valence-electron chi connectivity index (χ1n) is 5.66. The second-order valence-corrected chi connectivity index (χ2v) is 5.34. The number of carboxylic acid groups (broad SMARTS) is 1. The number of rotatable bonds is 6. The Kier molecular flexibility index (Phi) is 5.66. The molecule has 0 bridgehead atoms. The van der Waals surface area contributed by atoms with E-state index in [1.165, 1.54) is 19.3 Å². The molecule has 0 radical (unpaired) electrons. The molecule has 2 N–H and O–H groups in total. The largest absolute Gasteiger partial charge is 0.481 e. The number of carboxylic acids is 1. The van der Waals surface area contributed by atoms with E-state index in [0.717, 1.165) is 18.3 Å². The lowest BCUT2D eigenvalue weighted by atomic mass is 9.98. The van der Waals surface area contributed by atoms with Crippen LogP contribution in [0.3, 0.4) is 0 Å². The molecule has 0 aliphatic heterocycles. The first-order chi connectivity index (χ1) is 7.59. The summed E-state index contributed by atoms with van der Waals surface area (Å²) in [5, 5.41) is 11.3. The van der Waals surface area contributed by atoms with Gasteiger partial charge in [-0.3, -0.25) is 9.59 Å². The highest BCUT2D eigenvalue weighted by atomic mass is 32.2. The molecule has 1 fully saturated rings. The van der Waals surface area contributed by atoms with Gasteiger partial charge in [0.05, 0.1) is 11.5 Å². The molecule has 5 heteroatoms. The van der Waals surface area contributed by atoms with Crippen molar-refractivity contribution in [2.45, 2.75) is 26.2 Å². The minimum absolute atomic E-state index is 0.00670. The molecule has 2 unspecified atom stereocenters. The predicted octanol–water partition coefficient (Wildman–Crippen LogP) is 1.36. The van der Waals surface area contributed by atoms with Gasteiger partial charge in [-0.05, 0) is 18.3 Å². The Morgan fingerprint density at radius 3 is 2.69 bits per heavy atom. The molecule has 1 aliphatic rings. The van der Waals surface area contributed by atoms with Crippen molar-refractivity contribution in [2.24, 2.45) is 11.8 Å². The molecule has 92 valence electrons. The topological polar surface area (TPSA) is 66.4 Å². The minimum Gasteiger partial charge on any atom is -0.481 e. The summed E-state index contributed by atoms with van der Waals surface area (Å²) in [7, 11) is 0. The monoisotopic (exact) mass is 245 g/mol. The molecule has 0 aromatic rings. The quantitative estimate of drug-likeness (QED) is 0.741. The van der Waals surface area contributed by atoms with Gasteiger partial charge in [-0.1, -0.05) is 19.8 Å². The Labute approximate surface area is 100 Å². The van der Waals surface area contributed by atoms with E-state index in [-0.39, 0.29) is 17.4 Å². The van der Waals surface area contributed by atoms with Crippen molar-refractivity contribution in [3.63, 3.8) is 0 Å². The van der Waals surface area contributed by atoms with Crippen LogP contribution in [0.2, 0.25) is 0 Å². The van der Waals surface area contributed by atoms with Crippen molar-refractivity contribution in [1.82, 2.24) is 5.32 Å².